The minimum Gasteiger partial charge on any atom is -0.444 e. The largest absolute Gasteiger partial charge is 0.444 e. The Kier molecular flexibility index (Phi) is 4.71. The molecule has 1 aliphatic heterocycles. The molecular weight excluding hydrogens is 240 g/mol. The molecule has 1 atom stereocenters. The van der Waals surface area contributed by atoms with Gasteiger partial charge in [0.1, 0.15) is 5.60 Å². The van der Waals surface area contributed by atoms with Crippen molar-refractivity contribution >= 4 is 6.09 Å². The van der Waals surface area contributed by atoms with Gasteiger partial charge in [0.2, 0.25) is 0 Å². The first-order valence-electron chi connectivity index (χ1n) is 7.66. The molecule has 1 saturated heterocycles. The Morgan fingerprint density at radius 1 is 1.26 bits per heavy atom. The van der Waals surface area contributed by atoms with Crippen LogP contribution < -0.4 is 5.32 Å². The molecule has 1 aliphatic carbocycles. The monoisotopic (exact) mass is 268 g/mol. The van der Waals surface area contributed by atoms with E-state index in [1.807, 2.05) is 25.7 Å². The van der Waals surface area contributed by atoms with Crippen molar-refractivity contribution in [2.45, 2.75) is 64.5 Å². The van der Waals surface area contributed by atoms with Crippen LogP contribution in [0.4, 0.5) is 4.79 Å². The normalized spacial score (nSPS) is 24.7. The summed E-state index contributed by atoms with van der Waals surface area (Å²) in [5.41, 5.74) is -0.406. The molecule has 1 heterocycles. The summed E-state index contributed by atoms with van der Waals surface area (Å²) in [4.78, 5) is 14.4. The van der Waals surface area contributed by atoms with Gasteiger partial charge in [0.15, 0.2) is 0 Å². The van der Waals surface area contributed by atoms with Gasteiger partial charge in [-0.05, 0) is 58.9 Å². The van der Waals surface area contributed by atoms with Crippen LogP contribution in [-0.2, 0) is 4.74 Å². The highest BCUT2D eigenvalue weighted by atomic mass is 16.6. The molecule has 110 valence electrons. The highest BCUT2D eigenvalue weighted by Crippen LogP contribution is 2.29. The molecule has 1 N–H and O–H groups in total. The van der Waals surface area contributed by atoms with Crippen molar-refractivity contribution in [3.63, 3.8) is 0 Å². The minimum atomic E-state index is -0.406. The average molecular weight is 268 g/mol. The summed E-state index contributed by atoms with van der Waals surface area (Å²) in [6, 6.07) is 0.309. The third-order valence-corrected chi connectivity index (χ3v) is 4.02. The standard InChI is InChI=1S/C15H28N2O2/c1-15(2,3)19-14(18)17(11-12-6-4-7-12)13-8-5-9-16-10-13/h12-13,16H,4-11H2,1-3H3/t13-/m1/s1. The molecule has 0 unspecified atom stereocenters. The van der Waals surface area contributed by atoms with Gasteiger partial charge in [-0.15, -0.1) is 0 Å². The number of hydrogen-bond donors (Lipinski definition) is 1. The van der Waals surface area contributed by atoms with Gasteiger partial charge in [0.05, 0.1) is 0 Å². The predicted octanol–water partition coefficient (Wildman–Crippen LogP) is 2.78. The van der Waals surface area contributed by atoms with E-state index >= 15 is 0 Å². The number of nitrogens with zero attached hydrogens (tertiary/aromatic N) is 1. The van der Waals surface area contributed by atoms with Gasteiger partial charge in [-0.25, -0.2) is 4.79 Å². The molecule has 2 rings (SSSR count). The smallest absolute Gasteiger partial charge is 0.410 e. The van der Waals surface area contributed by atoms with E-state index in [-0.39, 0.29) is 6.09 Å². The van der Waals surface area contributed by atoms with Crippen LogP contribution in [0.2, 0.25) is 0 Å². The lowest BCUT2D eigenvalue weighted by Crippen LogP contribution is -2.52. The Bertz CT molecular complexity index is 302. The van der Waals surface area contributed by atoms with Gasteiger partial charge < -0.3 is 15.0 Å². The van der Waals surface area contributed by atoms with Gasteiger partial charge in [-0.2, -0.15) is 0 Å². The molecule has 0 bridgehead atoms. The van der Waals surface area contributed by atoms with Crippen LogP contribution in [0.15, 0.2) is 0 Å². The van der Waals surface area contributed by atoms with Crippen LogP contribution in [0.5, 0.6) is 0 Å². The average Bonchev–Trinajstić information content (AvgIpc) is 2.26. The summed E-state index contributed by atoms with van der Waals surface area (Å²) < 4.78 is 5.58. The fraction of sp³-hybridized carbons (Fsp3) is 0.933. The van der Waals surface area contributed by atoms with Crippen molar-refractivity contribution in [3.05, 3.63) is 0 Å². The van der Waals surface area contributed by atoms with Crippen LogP contribution in [0, 0.1) is 5.92 Å². The van der Waals surface area contributed by atoms with E-state index in [9.17, 15) is 4.79 Å². The van der Waals surface area contributed by atoms with E-state index in [1.54, 1.807) is 0 Å². The number of piperidine rings is 1. The van der Waals surface area contributed by atoms with Crippen LogP contribution in [0.3, 0.4) is 0 Å². The zero-order valence-electron chi connectivity index (χ0n) is 12.6. The van der Waals surface area contributed by atoms with Crippen molar-refractivity contribution in [2.24, 2.45) is 5.92 Å². The maximum atomic E-state index is 12.4. The van der Waals surface area contributed by atoms with Gasteiger partial charge in [-0.1, -0.05) is 6.42 Å². The number of amides is 1. The summed E-state index contributed by atoms with van der Waals surface area (Å²) in [5.74, 6) is 0.689. The topological polar surface area (TPSA) is 41.6 Å². The van der Waals surface area contributed by atoms with Crippen molar-refractivity contribution < 1.29 is 9.53 Å². The summed E-state index contributed by atoms with van der Waals surface area (Å²) in [5, 5.41) is 3.39. The zero-order valence-corrected chi connectivity index (χ0v) is 12.6. The van der Waals surface area contributed by atoms with E-state index in [0.29, 0.717) is 12.0 Å². The number of carbonyl (C=O) groups is 1. The summed E-state index contributed by atoms with van der Waals surface area (Å²) in [6.45, 7) is 8.66. The molecule has 4 nitrogen and oxygen atoms in total. The van der Waals surface area contributed by atoms with Crippen LogP contribution in [-0.4, -0.2) is 42.3 Å². The van der Waals surface area contributed by atoms with E-state index in [2.05, 4.69) is 5.32 Å². The Labute approximate surface area is 116 Å². The Morgan fingerprint density at radius 2 is 2.00 bits per heavy atom. The van der Waals surface area contributed by atoms with E-state index in [1.165, 1.54) is 19.3 Å². The van der Waals surface area contributed by atoms with E-state index in [4.69, 9.17) is 4.74 Å². The summed E-state index contributed by atoms with van der Waals surface area (Å²) >= 11 is 0. The molecule has 0 radical (unpaired) electrons. The SMILES string of the molecule is CC(C)(C)OC(=O)N(CC1CCC1)[C@@H]1CCCNC1. The van der Waals surface area contributed by atoms with Crippen LogP contribution >= 0.6 is 0 Å². The minimum absolute atomic E-state index is 0.131. The molecule has 0 aromatic carbocycles. The maximum Gasteiger partial charge on any atom is 0.410 e. The maximum absolute atomic E-state index is 12.4. The van der Waals surface area contributed by atoms with E-state index < -0.39 is 5.60 Å². The number of carbonyl (C=O) groups excluding carboxylic acids is 1. The van der Waals surface area contributed by atoms with Gasteiger partial charge in [-0.3, -0.25) is 0 Å². The highest BCUT2D eigenvalue weighted by molar-refractivity contribution is 5.68. The van der Waals surface area contributed by atoms with Crippen molar-refractivity contribution in [2.75, 3.05) is 19.6 Å². The first-order chi connectivity index (χ1) is 8.96. The highest BCUT2D eigenvalue weighted by Gasteiger charge is 2.32. The fourth-order valence-electron chi connectivity index (χ4n) is 2.75. The molecule has 0 aromatic heterocycles. The van der Waals surface area contributed by atoms with Crippen molar-refractivity contribution in [3.8, 4) is 0 Å². The van der Waals surface area contributed by atoms with Gasteiger partial charge >= 0.3 is 6.09 Å². The number of ether oxygens (including phenoxy) is 1. The first-order valence-corrected chi connectivity index (χ1v) is 7.66. The molecular formula is C15H28N2O2. The summed E-state index contributed by atoms with van der Waals surface area (Å²) in [6.07, 6.45) is 5.95. The second-order valence-electron chi connectivity index (χ2n) is 6.93. The second-order valence-corrected chi connectivity index (χ2v) is 6.93. The lowest BCUT2D eigenvalue weighted by atomic mass is 9.84. The van der Waals surface area contributed by atoms with Crippen LogP contribution in [0.25, 0.3) is 0 Å². The third kappa shape index (κ3) is 4.37. The lowest BCUT2D eigenvalue weighted by Gasteiger charge is -2.39. The number of hydrogen-bond acceptors (Lipinski definition) is 3. The molecule has 1 amide bonds. The van der Waals surface area contributed by atoms with E-state index in [0.717, 1.165) is 32.5 Å². The van der Waals surface area contributed by atoms with Crippen molar-refractivity contribution in [1.29, 1.82) is 0 Å². The van der Waals surface area contributed by atoms with Gasteiger partial charge in [0, 0.05) is 19.1 Å². The Hall–Kier alpha value is -0.770. The summed E-state index contributed by atoms with van der Waals surface area (Å²) in [7, 11) is 0. The zero-order chi connectivity index (χ0) is 13.9. The first kappa shape index (κ1) is 14.6. The van der Waals surface area contributed by atoms with Gasteiger partial charge in [0.25, 0.3) is 0 Å². The molecule has 1 saturated carbocycles. The quantitative estimate of drug-likeness (QED) is 0.855. The Balaban J connectivity index is 1.97. The number of nitrogens with one attached hydrogen (secondary N) is 1. The predicted molar refractivity (Wildman–Crippen MR) is 76.2 cm³/mol. The molecule has 0 aromatic rings. The lowest BCUT2D eigenvalue weighted by molar-refractivity contribution is 0.00626. The molecule has 2 aliphatic rings. The number of rotatable bonds is 3. The third-order valence-electron chi connectivity index (χ3n) is 4.02. The molecule has 19 heavy (non-hydrogen) atoms. The Morgan fingerprint density at radius 3 is 2.47 bits per heavy atom. The van der Waals surface area contributed by atoms with Crippen LogP contribution in [0.1, 0.15) is 52.9 Å². The van der Waals surface area contributed by atoms with Crippen molar-refractivity contribution in [1.82, 2.24) is 10.2 Å². The molecule has 0 spiro atoms. The molecule has 2 fully saturated rings. The fourth-order valence-corrected chi connectivity index (χ4v) is 2.75. The second kappa shape index (κ2) is 6.12. The molecule has 4 heteroatoms.